The molecule has 1 saturated heterocycles. The molecule has 0 aromatic carbocycles. The molecule has 0 unspecified atom stereocenters. The van der Waals surface area contributed by atoms with Crippen LogP contribution >= 0.6 is 11.3 Å². The average Bonchev–Trinajstić information content (AvgIpc) is 2.99. The Balaban J connectivity index is 1.49. The number of rotatable bonds is 3. The predicted molar refractivity (Wildman–Crippen MR) is 100 cm³/mol. The van der Waals surface area contributed by atoms with Crippen LogP contribution < -0.4 is 10.5 Å². The fraction of sp³-hybridized carbons (Fsp3) is 0.444. The maximum atomic E-state index is 12.1. The molecule has 3 aromatic rings. The summed E-state index contributed by atoms with van der Waals surface area (Å²) in [6, 6.07) is 5.48. The van der Waals surface area contributed by atoms with Crippen molar-refractivity contribution in [1.29, 1.82) is 0 Å². The van der Waals surface area contributed by atoms with E-state index in [0.29, 0.717) is 12.5 Å². The van der Waals surface area contributed by atoms with Crippen LogP contribution in [0.3, 0.4) is 0 Å². The zero-order chi connectivity index (χ0) is 17.6. The van der Waals surface area contributed by atoms with Gasteiger partial charge in [-0.2, -0.15) is 5.10 Å². The molecule has 130 valence electrons. The third-order valence-corrected chi connectivity index (χ3v) is 5.45. The van der Waals surface area contributed by atoms with Crippen LogP contribution in [0.2, 0.25) is 0 Å². The third kappa shape index (κ3) is 3.04. The summed E-state index contributed by atoms with van der Waals surface area (Å²) in [4.78, 5) is 23.1. The molecule has 3 aromatic heterocycles. The van der Waals surface area contributed by atoms with Crippen molar-refractivity contribution in [2.45, 2.75) is 32.7 Å². The van der Waals surface area contributed by atoms with Gasteiger partial charge in [-0.15, -0.1) is 11.3 Å². The summed E-state index contributed by atoms with van der Waals surface area (Å²) in [5.41, 5.74) is 1.84. The fourth-order valence-electron chi connectivity index (χ4n) is 3.08. The van der Waals surface area contributed by atoms with E-state index in [9.17, 15) is 4.79 Å². The molecule has 1 fully saturated rings. The summed E-state index contributed by atoms with van der Waals surface area (Å²) in [6.07, 6.45) is 1.62. The standard InChI is InChI=1S/C18H21N5OS/c1-18(2,3)14-4-5-15(24)23(21-14)10-12-8-22(9-12)17-16-13(6-7-25-16)19-11-20-17/h4-7,11-12H,8-10H2,1-3H3. The molecular formula is C18H21N5OS. The van der Waals surface area contributed by atoms with Crippen LogP contribution in [-0.4, -0.2) is 32.8 Å². The SMILES string of the molecule is CC(C)(C)c1ccc(=O)n(CC2CN(c3ncnc4ccsc34)C2)n1. The van der Waals surface area contributed by atoms with Crippen molar-refractivity contribution in [2.75, 3.05) is 18.0 Å². The van der Waals surface area contributed by atoms with E-state index in [1.807, 2.05) is 17.5 Å². The Morgan fingerprint density at radius 3 is 2.76 bits per heavy atom. The van der Waals surface area contributed by atoms with Crippen molar-refractivity contribution in [3.05, 3.63) is 46.0 Å². The van der Waals surface area contributed by atoms with Gasteiger partial charge in [0.25, 0.3) is 5.56 Å². The average molecular weight is 355 g/mol. The number of hydrogen-bond acceptors (Lipinski definition) is 6. The van der Waals surface area contributed by atoms with Crippen molar-refractivity contribution < 1.29 is 0 Å². The molecule has 0 saturated carbocycles. The molecule has 4 heterocycles. The Morgan fingerprint density at radius 1 is 1.20 bits per heavy atom. The van der Waals surface area contributed by atoms with Crippen LogP contribution in [0.25, 0.3) is 10.2 Å². The first-order valence-electron chi connectivity index (χ1n) is 8.43. The molecule has 1 aliphatic heterocycles. The number of aromatic nitrogens is 4. The van der Waals surface area contributed by atoms with Gasteiger partial charge in [-0.1, -0.05) is 20.8 Å². The second kappa shape index (κ2) is 5.91. The molecule has 25 heavy (non-hydrogen) atoms. The molecule has 0 spiro atoms. The Labute approximate surface area is 150 Å². The summed E-state index contributed by atoms with van der Waals surface area (Å²) in [5, 5.41) is 6.61. The highest BCUT2D eigenvalue weighted by Crippen LogP contribution is 2.32. The van der Waals surface area contributed by atoms with E-state index < -0.39 is 0 Å². The van der Waals surface area contributed by atoms with E-state index in [1.54, 1.807) is 28.4 Å². The maximum absolute atomic E-state index is 12.1. The predicted octanol–water partition coefficient (Wildman–Crippen LogP) is 2.68. The minimum Gasteiger partial charge on any atom is -0.354 e. The van der Waals surface area contributed by atoms with Crippen LogP contribution in [-0.2, 0) is 12.0 Å². The molecule has 0 aliphatic carbocycles. The highest BCUT2D eigenvalue weighted by molar-refractivity contribution is 7.17. The van der Waals surface area contributed by atoms with Crippen molar-refractivity contribution in [2.24, 2.45) is 5.92 Å². The molecule has 0 N–H and O–H groups in total. The van der Waals surface area contributed by atoms with Crippen molar-refractivity contribution in [1.82, 2.24) is 19.7 Å². The minimum absolute atomic E-state index is 0.0332. The lowest BCUT2D eigenvalue weighted by molar-refractivity contribution is 0.328. The minimum atomic E-state index is -0.0627. The Hall–Kier alpha value is -2.28. The summed E-state index contributed by atoms with van der Waals surface area (Å²) >= 11 is 1.67. The molecular weight excluding hydrogens is 334 g/mol. The van der Waals surface area contributed by atoms with E-state index in [0.717, 1.165) is 34.8 Å². The number of hydrogen-bond donors (Lipinski definition) is 0. The molecule has 0 radical (unpaired) electrons. The smallest absolute Gasteiger partial charge is 0.266 e. The van der Waals surface area contributed by atoms with Gasteiger partial charge in [0.2, 0.25) is 0 Å². The van der Waals surface area contributed by atoms with Gasteiger partial charge in [0.15, 0.2) is 0 Å². The Morgan fingerprint density at radius 2 is 2.00 bits per heavy atom. The second-order valence-corrected chi connectivity index (χ2v) is 8.51. The molecule has 1 aliphatic rings. The van der Waals surface area contributed by atoms with Gasteiger partial charge in [0, 0.05) is 30.5 Å². The normalized spacial score (nSPS) is 15.6. The number of anilines is 1. The monoisotopic (exact) mass is 355 g/mol. The molecule has 0 amide bonds. The first-order valence-corrected chi connectivity index (χ1v) is 9.31. The summed E-state index contributed by atoms with van der Waals surface area (Å²) in [7, 11) is 0. The first-order chi connectivity index (χ1) is 11.9. The highest BCUT2D eigenvalue weighted by atomic mass is 32.1. The number of nitrogens with zero attached hydrogens (tertiary/aromatic N) is 5. The van der Waals surface area contributed by atoms with E-state index in [2.05, 4.69) is 40.7 Å². The van der Waals surface area contributed by atoms with Crippen molar-refractivity contribution in [3.63, 3.8) is 0 Å². The molecule has 4 rings (SSSR count). The summed E-state index contributed by atoms with van der Waals surface area (Å²) in [5.74, 6) is 1.41. The van der Waals surface area contributed by atoms with Crippen LogP contribution in [0.4, 0.5) is 5.82 Å². The molecule has 7 heteroatoms. The topological polar surface area (TPSA) is 63.9 Å². The van der Waals surface area contributed by atoms with Crippen LogP contribution in [0.5, 0.6) is 0 Å². The van der Waals surface area contributed by atoms with Gasteiger partial charge < -0.3 is 4.90 Å². The van der Waals surface area contributed by atoms with E-state index in [-0.39, 0.29) is 11.0 Å². The zero-order valence-electron chi connectivity index (χ0n) is 14.6. The highest BCUT2D eigenvalue weighted by Gasteiger charge is 2.30. The fourth-order valence-corrected chi connectivity index (χ4v) is 3.95. The van der Waals surface area contributed by atoms with E-state index in [1.165, 1.54) is 0 Å². The Kier molecular flexibility index (Phi) is 3.83. The van der Waals surface area contributed by atoms with Crippen molar-refractivity contribution >= 4 is 27.4 Å². The van der Waals surface area contributed by atoms with E-state index in [4.69, 9.17) is 0 Å². The van der Waals surface area contributed by atoms with Gasteiger partial charge in [-0.3, -0.25) is 4.79 Å². The number of thiophene rings is 1. The summed E-state index contributed by atoms with van der Waals surface area (Å²) in [6.45, 7) is 8.75. The van der Waals surface area contributed by atoms with Gasteiger partial charge >= 0.3 is 0 Å². The second-order valence-electron chi connectivity index (χ2n) is 7.59. The lowest BCUT2D eigenvalue weighted by atomic mass is 9.92. The van der Waals surface area contributed by atoms with Gasteiger partial charge in [-0.05, 0) is 17.5 Å². The van der Waals surface area contributed by atoms with E-state index >= 15 is 0 Å². The summed E-state index contributed by atoms with van der Waals surface area (Å²) < 4.78 is 2.74. The largest absolute Gasteiger partial charge is 0.354 e. The third-order valence-electron chi connectivity index (χ3n) is 4.55. The lowest BCUT2D eigenvalue weighted by Crippen LogP contribution is -2.50. The van der Waals surface area contributed by atoms with Gasteiger partial charge in [-0.25, -0.2) is 14.6 Å². The van der Waals surface area contributed by atoms with Crippen molar-refractivity contribution in [3.8, 4) is 0 Å². The zero-order valence-corrected chi connectivity index (χ0v) is 15.5. The van der Waals surface area contributed by atoms with Crippen LogP contribution in [0.15, 0.2) is 34.7 Å². The van der Waals surface area contributed by atoms with Crippen LogP contribution in [0.1, 0.15) is 26.5 Å². The Bertz CT molecular complexity index is 965. The first kappa shape index (κ1) is 16.2. The quantitative estimate of drug-likeness (QED) is 0.723. The maximum Gasteiger partial charge on any atom is 0.266 e. The van der Waals surface area contributed by atoms with Gasteiger partial charge in [0.1, 0.15) is 12.1 Å². The van der Waals surface area contributed by atoms with Crippen LogP contribution in [0, 0.1) is 5.92 Å². The molecule has 0 bridgehead atoms. The molecule has 0 atom stereocenters. The molecule has 6 nitrogen and oxygen atoms in total. The lowest BCUT2D eigenvalue weighted by Gasteiger charge is -2.40. The number of fused-ring (bicyclic) bond motifs is 1. The van der Waals surface area contributed by atoms with Gasteiger partial charge in [0.05, 0.1) is 22.5 Å².